The number of methoxy groups -OCH3 is 1. The lowest BCUT2D eigenvalue weighted by Crippen LogP contribution is -2.13. The van der Waals surface area contributed by atoms with Crippen molar-refractivity contribution < 1.29 is 13.2 Å². The Morgan fingerprint density at radius 2 is 1.75 bits per heavy atom. The Balaban J connectivity index is 2.37. The van der Waals surface area contributed by atoms with Gasteiger partial charge >= 0.3 is 0 Å². The van der Waals surface area contributed by atoms with Crippen molar-refractivity contribution in [3.8, 4) is 5.75 Å². The van der Waals surface area contributed by atoms with Gasteiger partial charge in [-0.2, -0.15) is 0 Å². The summed E-state index contributed by atoms with van der Waals surface area (Å²) in [5, 5.41) is 0.483. The minimum Gasteiger partial charge on any atom is -0.495 e. The van der Waals surface area contributed by atoms with Crippen molar-refractivity contribution in [2.75, 3.05) is 11.8 Å². The van der Waals surface area contributed by atoms with Crippen LogP contribution >= 0.6 is 11.6 Å². The third kappa shape index (κ3) is 3.23. The van der Waals surface area contributed by atoms with Crippen molar-refractivity contribution >= 4 is 27.3 Å². The van der Waals surface area contributed by atoms with E-state index in [1.807, 2.05) is 13.0 Å². The van der Waals surface area contributed by atoms with Gasteiger partial charge in [-0.25, -0.2) is 8.42 Å². The first-order valence-electron chi connectivity index (χ1n) is 5.85. The fourth-order valence-corrected chi connectivity index (χ4v) is 2.91. The summed E-state index contributed by atoms with van der Waals surface area (Å²) in [6.45, 7) is 1.87. The van der Waals surface area contributed by atoms with Gasteiger partial charge in [0, 0.05) is 5.02 Å². The molecule has 0 fully saturated rings. The lowest BCUT2D eigenvalue weighted by atomic mass is 10.2. The maximum absolute atomic E-state index is 12.3. The number of aryl methyl sites for hydroxylation is 1. The molecule has 0 aliphatic carbocycles. The number of hydrogen-bond donors (Lipinski definition) is 1. The van der Waals surface area contributed by atoms with Crippen molar-refractivity contribution in [3.63, 3.8) is 0 Å². The monoisotopic (exact) mass is 311 g/mol. The maximum Gasteiger partial charge on any atom is 0.262 e. The molecule has 0 aliphatic rings. The fourth-order valence-electron chi connectivity index (χ4n) is 1.72. The zero-order chi connectivity index (χ0) is 14.8. The van der Waals surface area contributed by atoms with Crippen LogP contribution in [0.4, 0.5) is 5.69 Å². The molecule has 0 saturated carbocycles. The number of benzene rings is 2. The molecule has 0 aromatic heterocycles. The van der Waals surface area contributed by atoms with Crippen LogP contribution in [0.1, 0.15) is 5.56 Å². The number of rotatable bonds is 4. The highest BCUT2D eigenvalue weighted by Crippen LogP contribution is 2.28. The van der Waals surface area contributed by atoms with E-state index < -0.39 is 10.0 Å². The van der Waals surface area contributed by atoms with Gasteiger partial charge in [0.25, 0.3) is 10.0 Å². The highest BCUT2D eigenvalue weighted by molar-refractivity contribution is 7.92. The van der Waals surface area contributed by atoms with Crippen LogP contribution in [0.3, 0.4) is 0 Å². The average molecular weight is 312 g/mol. The summed E-state index contributed by atoms with van der Waals surface area (Å²) in [6, 6.07) is 11.2. The van der Waals surface area contributed by atoms with E-state index in [1.165, 1.54) is 31.4 Å². The maximum atomic E-state index is 12.3. The standard InChI is InChI=1S/C14H14ClNO3S/c1-10-3-8-14(19-2)13(9-10)16-20(17,18)12-6-4-11(15)5-7-12/h3-9,16H,1-2H3. The normalized spacial score (nSPS) is 11.2. The zero-order valence-corrected chi connectivity index (χ0v) is 12.6. The molecular weight excluding hydrogens is 298 g/mol. The van der Waals surface area contributed by atoms with E-state index in [4.69, 9.17) is 16.3 Å². The van der Waals surface area contributed by atoms with Crippen molar-refractivity contribution in [1.29, 1.82) is 0 Å². The van der Waals surface area contributed by atoms with E-state index in [0.29, 0.717) is 16.5 Å². The van der Waals surface area contributed by atoms with Crippen molar-refractivity contribution in [2.24, 2.45) is 0 Å². The van der Waals surface area contributed by atoms with Crippen LogP contribution in [0.5, 0.6) is 5.75 Å². The predicted molar refractivity (Wildman–Crippen MR) is 80.0 cm³/mol. The first kappa shape index (κ1) is 14.7. The number of ether oxygens (including phenoxy) is 1. The smallest absolute Gasteiger partial charge is 0.262 e. The molecule has 4 nitrogen and oxygen atoms in total. The van der Waals surface area contributed by atoms with E-state index in [-0.39, 0.29) is 4.90 Å². The quantitative estimate of drug-likeness (QED) is 0.940. The highest BCUT2D eigenvalue weighted by Gasteiger charge is 2.16. The summed E-state index contributed by atoms with van der Waals surface area (Å²) in [4.78, 5) is 0.144. The summed E-state index contributed by atoms with van der Waals surface area (Å²) < 4.78 is 32.2. The Labute approximate surface area is 123 Å². The van der Waals surface area contributed by atoms with Gasteiger partial charge in [0.15, 0.2) is 0 Å². The molecule has 20 heavy (non-hydrogen) atoms. The van der Waals surface area contributed by atoms with Crippen LogP contribution in [-0.2, 0) is 10.0 Å². The Kier molecular flexibility index (Phi) is 4.20. The lowest BCUT2D eigenvalue weighted by molar-refractivity contribution is 0.417. The topological polar surface area (TPSA) is 55.4 Å². The molecule has 0 bridgehead atoms. The van der Waals surface area contributed by atoms with E-state index in [9.17, 15) is 8.42 Å². The fraction of sp³-hybridized carbons (Fsp3) is 0.143. The van der Waals surface area contributed by atoms with E-state index >= 15 is 0 Å². The Morgan fingerprint density at radius 3 is 2.35 bits per heavy atom. The van der Waals surface area contributed by atoms with Crippen LogP contribution in [-0.4, -0.2) is 15.5 Å². The number of sulfonamides is 1. The number of halogens is 1. The largest absolute Gasteiger partial charge is 0.495 e. The molecule has 2 aromatic rings. The molecule has 0 saturated heterocycles. The number of nitrogens with one attached hydrogen (secondary N) is 1. The second-order valence-electron chi connectivity index (χ2n) is 4.26. The van der Waals surface area contributed by atoms with E-state index in [2.05, 4.69) is 4.72 Å². The summed E-state index contributed by atoms with van der Waals surface area (Å²) in [6.07, 6.45) is 0. The van der Waals surface area contributed by atoms with Gasteiger partial charge < -0.3 is 4.74 Å². The molecule has 2 aromatic carbocycles. The molecule has 0 spiro atoms. The minimum atomic E-state index is -3.67. The third-order valence-corrected chi connectivity index (χ3v) is 4.36. The molecule has 0 atom stereocenters. The molecule has 2 rings (SSSR count). The summed E-state index contributed by atoms with van der Waals surface area (Å²) in [5.74, 6) is 0.466. The molecule has 0 aliphatic heterocycles. The molecule has 0 unspecified atom stereocenters. The van der Waals surface area contributed by atoms with Gasteiger partial charge in [-0.3, -0.25) is 4.72 Å². The third-order valence-electron chi connectivity index (χ3n) is 2.72. The van der Waals surface area contributed by atoms with Gasteiger partial charge in [-0.15, -0.1) is 0 Å². The summed E-state index contributed by atoms with van der Waals surface area (Å²) in [5.41, 5.74) is 1.34. The summed E-state index contributed by atoms with van der Waals surface area (Å²) in [7, 11) is -2.18. The van der Waals surface area contributed by atoms with Crippen LogP contribution < -0.4 is 9.46 Å². The molecule has 0 radical (unpaired) electrons. The van der Waals surface area contributed by atoms with Crippen LogP contribution in [0.15, 0.2) is 47.4 Å². The Morgan fingerprint density at radius 1 is 1.10 bits per heavy atom. The predicted octanol–water partition coefficient (Wildman–Crippen LogP) is 3.46. The van der Waals surface area contributed by atoms with Crippen molar-refractivity contribution in [3.05, 3.63) is 53.1 Å². The first-order valence-corrected chi connectivity index (χ1v) is 7.71. The van der Waals surface area contributed by atoms with Gasteiger partial charge in [0.05, 0.1) is 17.7 Å². The summed E-state index contributed by atoms with van der Waals surface area (Å²) >= 11 is 5.76. The van der Waals surface area contributed by atoms with E-state index in [1.54, 1.807) is 12.1 Å². The number of anilines is 1. The Hall–Kier alpha value is -1.72. The molecule has 0 amide bonds. The number of hydrogen-bond acceptors (Lipinski definition) is 3. The second kappa shape index (κ2) is 5.73. The lowest BCUT2D eigenvalue weighted by Gasteiger charge is -2.12. The average Bonchev–Trinajstić information content (AvgIpc) is 2.39. The van der Waals surface area contributed by atoms with Crippen LogP contribution in [0.25, 0.3) is 0 Å². The minimum absolute atomic E-state index is 0.144. The van der Waals surface area contributed by atoms with Crippen LogP contribution in [0.2, 0.25) is 5.02 Å². The van der Waals surface area contributed by atoms with Crippen molar-refractivity contribution in [2.45, 2.75) is 11.8 Å². The SMILES string of the molecule is COc1ccc(C)cc1NS(=O)(=O)c1ccc(Cl)cc1. The Bertz CT molecular complexity index is 712. The van der Waals surface area contributed by atoms with Gasteiger partial charge in [0.1, 0.15) is 5.75 Å². The van der Waals surface area contributed by atoms with Crippen LogP contribution in [0, 0.1) is 6.92 Å². The molecule has 1 N–H and O–H groups in total. The first-order chi connectivity index (χ1) is 9.42. The second-order valence-corrected chi connectivity index (χ2v) is 6.38. The van der Waals surface area contributed by atoms with Gasteiger partial charge in [-0.05, 0) is 48.9 Å². The van der Waals surface area contributed by atoms with Gasteiger partial charge in [0.2, 0.25) is 0 Å². The zero-order valence-electron chi connectivity index (χ0n) is 11.1. The molecular formula is C14H14ClNO3S. The van der Waals surface area contributed by atoms with Crippen molar-refractivity contribution in [1.82, 2.24) is 0 Å². The highest BCUT2D eigenvalue weighted by atomic mass is 35.5. The molecule has 0 heterocycles. The van der Waals surface area contributed by atoms with E-state index in [0.717, 1.165) is 5.56 Å². The van der Waals surface area contributed by atoms with Gasteiger partial charge in [-0.1, -0.05) is 17.7 Å². The molecule has 106 valence electrons. The molecule has 6 heteroatoms.